The molecular formula is C20H18N6. The second kappa shape index (κ2) is 6.68. The summed E-state index contributed by atoms with van der Waals surface area (Å²) in [6.07, 6.45) is 1.48. The quantitative estimate of drug-likeness (QED) is 0.509. The number of anilines is 5. The topological polar surface area (TPSA) is 88.8 Å². The number of hydrogen-bond acceptors (Lipinski definition) is 6. The van der Waals surface area contributed by atoms with E-state index in [0.29, 0.717) is 17.3 Å². The Bertz CT molecular complexity index is 1060. The summed E-state index contributed by atoms with van der Waals surface area (Å²) in [6.45, 7) is 1.97. The van der Waals surface area contributed by atoms with Crippen LogP contribution in [0.25, 0.3) is 10.9 Å². The van der Waals surface area contributed by atoms with E-state index in [2.05, 4.69) is 31.7 Å². The van der Waals surface area contributed by atoms with Crippen LogP contribution >= 0.6 is 0 Å². The maximum atomic E-state index is 6.28. The Morgan fingerprint density at radius 3 is 2.38 bits per heavy atom. The highest BCUT2D eigenvalue weighted by atomic mass is 15.1. The molecule has 0 saturated carbocycles. The van der Waals surface area contributed by atoms with Crippen LogP contribution in [-0.4, -0.2) is 15.0 Å². The van der Waals surface area contributed by atoms with Crippen molar-refractivity contribution in [3.8, 4) is 0 Å². The van der Waals surface area contributed by atoms with E-state index in [1.165, 1.54) is 6.33 Å². The van der Waals surface area contributed by atoms with Crippen molar-refractivity contribution in [1.82, 2.24) is 15.0 Å². The molecule has 2 aromatic heterocycles. The van der Waals surface area contributed by atoms with Gasteiger partial charge in [-0.15, -0.1) is 0 Å². The lowest BCUT2D eigenvalue weighted by Gasteiger charge is -2.13. The predicted octanol–water partition coefficient (Wildman–Crippen LogP) is 4.40. The van der Waals surface area contributed by atoms with Gasteiger partial charge in [0.05, 0.1) is 11.2 Å². The Morgan fingerprint density at radius 2 is 1.58 bits per heavy atom. The van der Waals surface area contributed by atoms with Crippen LogP contribution in [0.4, 0.5) is 28.7 Å². The van der Waals surface area contributed by atoms with Gasteiger partial charge in [0.2, 0.25) is 0 Å². The Kier molecular flexibility index (Phi) is 4.07. The van der Waals surface area contributed by atoms with Crippen LogP contribution in [0.2, 0.25) is 0 Å². The fourth-order valence-electron chi connectivity index (χ4n) is 2.73. The van der Waals surface area contributed by atoms with E-state index in [1.54, 1.807) is 0 Å². The molecule has 0 aliphatic carbocycles. The molecule has 6 nitrogen and oxygen atoms in total. The summed E-state index contributed by atoms with van der Waals surface area (Å²) in [5.74, 6) is 1.09. The third-order valence-electron chi connectivity index (χ3n) is 4.03. The molecule has 4 rings (SSSR count). The van der Waals surface area contributed by atoms with Crippen molar-refractivity contribution >= 4 is 39.6 Å². The van der Waals surface area contributed by atoms with Gasteiger partial charge in [-0.2, -0.15) is 0 Å². The summed E-state index contributed by atoms with van der Waals surface area (Å²) in [5, 5.41) is 7.55. The normalized spacial score (nSPS) is 10.7. The van der Waals surface area contributed by atoms with Crippen LogP contribution in [0, 0.1) is 6.92 Å². The first-order valence-electron chi connectivity index (χ1n) is 8.26. The standard InChI is InChI=1S/C20H18N6/c1-13-10-11-14-6-5-9-16(18(14)24-13)26-20-17(21)19(22-12-23-20)25-15-7-3-2-4-8-15/h2-12H,21H2,1H3,(H2,22,23,25,26). The van der Waals surface area contributed by atoms with Gasteiger partial charge < -0.3 is 16.4 Å². The zero-order chi connectivity index (χ0) is 17.9. The van der Waals surface area contributed by atoms with Crippen LogP contribution in [0.5, 0.6) is 0 Å². The molecular weight excluding hydrogens is 324 g/mol. The number of benzene rings is 2. The fraction of sp³-hybridized carbons (Fsp3) is 0.0500. The molecule has 0 saturated heterocycles. The highest BCUT2D eigenvalue weighted by Crippen LogP contribution is 2.30. The largest absolute Gasteiger partial charge is 0.393 e. The maximum Gasteiger partial charge on any atom is 0.159 e. The van der Waals surface area contributed by atoms with E-state index in [1.807, 2.05) is 61.5 Å². The zero-order valence-corrected chi connectivity index (χ0v) is 14.3. The molecule has 0 aliphatic rings. The maximum absolute atomic E-state index is 6.28. The van der Waals surface area contributed by atoms with Crippen molar-refractivity contribution in [2.24, 2.45) is 0 Å². The van der Waals surface area contributed by atoms with Gasteiger partial charge in [0.15, 0.2) is 11.6 Å². The van der Waals surface area contributed by atoms with E-state index >= 15 is 0 Å². The highest BCUT2D eigenvalue weighted by molar-refractivity contribution is 5.93. The van der Waals surface area contributed by atoms with E-state index in [-0.39, 0.29) is 0 Å². The zero-order valence-electron chi connectivity index (χ0n) is 14.3. The first-order valence-corrected chi connectivity index (χ1v) is 8.26. The van der Waals surface area contributed by atoms with E-state index < -0.39 is 0 Å². The Labute approximate surface area is 151 Å². The van der Waals surface area contributed by atoms with Crippen molar-refractivity contribution in [3.05, 3.63) is 72.7 Å². The van der Waals surface area contributed by atoms with Crippen LogP contribution in [0.3, 0.4) is 0 Å². The number of nitrogens with two attached hydrogens (primary N) is 1. The molecule has 6 heteroatoms. The van der Waals surface area contributed by atoms with Crippen molar-refractivity contribution in [3.63, 3.8) is 0 Å². The molecule has 0 aliphatic heterocycles. The van der Waals surface area contributed by atoms with E-state index in [4.69, 9.17) is 5.73 Å². The van der Waals surface area contributed by atoms with Gasteiger partial charge in [-0.1, -0.05) is 36.4 Å². The van der Waals surface area contributed by atoms with Crippen LogP contribution < -0.4 is 16.4 Å². The van der Waals surface area contributed by atoms with E-state index in [0.717, 1.165) is 28.0 Å². The van der Waals surface area contributed by atoms with Crippen molar-refractivity contribution in [1.29, 1.82) is 0 Å². The smallest absolute Gasteiger partial charge is 0.159 e. The fourth-order valence-corrected chi connectivity index (χ4v) is 2.73. The number of nitrogens with zero attached hydrogens (tertiary/aromatic N) is 3. The molecule has 2 heterocycles. The van der Waals surface area contributed by atoms with Gasteiger partial charge in [0.1, 0.15) is 12.0 Å². The summed E-state index contributed by atoms with van der Waals surface area (Å²) in [6, 6.07) is 19.8. The lowest BCUT2D eigenvalue weighted by atomic mass is 10.1. The Hall–Kier alpha value is -3.67. The number of hydrogen-bond donors (Lipinski definition) is 3. The summed E-state index contributed by atoms with van der Waals surface area (Å²) < 4.78 is 0. The Morgan fingerprint density at radius 1 is 0.808 bits per heavy atom. The molecule has 128 valence electrons. The lowest BCUT2D eigenvalue weighted by molar-refractivity contribution is 1.17. The molecule has 0 fully saturated rings. The van der Waals surface area contributed by atoms with Gasteiger partial charge in [0, 0.05) is 16.8 Å². The SMILES string of the molecule is Cc1ccc2cccc(Nc3ncnc(Nc4ccccc4)c3N)c2n1. The number of fused-ring (bicyclic) bond motifs is 1. The first kappa shape index (κ1) is 15.8. The molecule has 4 N–H and O–H groups in total. The van der Waals surface area contributed by atoms with Gasteiger partial charge in [0.25, 0.3) is 0 Å². The third-order valence-corrected chi connectivity index (χ3v) is 4.03. The molecule has 26 heavy (non-hydrogen) atoms. The van der Waals surface area contributed by atoms with Crippen molar-refractivity contribution < 1.29 is 0 Å². The first-order chi connectivity index (χ1) is 12.7. The molecule has 0 bridgehead atoms. The number of pyridine rings is 1. The van der Waals surface area contributed by atoms with Gasteiger partial charge >= 0.3 is 0 Å². The highest BCUT2D eigenvalue weighted by Gasteiger charge is 2.11. The van der Waals surface area contributed by atoms with Gasteiger partial charge in [-0.05, 0) is 31.2 Å². The average molecular weight is 342 g/mol. The number of aryl methyl sites for hydroxylation is 1. The molecule has 0 spiro atoms. The third kappa shape index (κ3) is 3.12. The van der Waals surface area contributed by atoms with Crippen LogP contribution in [0.15, 0.2) is 67.0 Å². The number of para-hydroxylation sites is 2. The minimum atomic E-state index is 0.445. The Balaban J connectivity index is 1.69. The summed E-state index contributed by atoms with van der Waals surface area (Å²) in [4.78, 5) is 13.2. The summed E-state index contributed by atoms with van der Waals surface area (Å²) in [7, 11) is 0. The predicted molar refractivity (Wildman–Crippen MR) is 106 cm³/mol. The number of aromatic nitrogens is 3. The molecule has 2 aromatic carbocycles. The molecule has 0 amide bonds. The van der Waals surface area contributed by atoms with Gasteiger partial charge in [-0.25, -0.2) is 9.97 Å². The summed E-state index contributed by atoms with van der Waals surface area (Å²) in [5.41, 5.74) is 10.3. The summed E-state index contributed by atoms with van der Waals surface area (Å²) >= 11 is 0. The number of nitrogen functional groups attached to an aromatic ring is 1. The van der Waals surface area contributed by atoms with Crippen LogP contribution in [0.1, 0.15) is 5.69 Å². The monoisotopic (exact) mass is 342 g/mol. The minimum Gasteiger partial charge on any atom is -0.393 e. The second-order valence-electron chi connectivity index (χ2n) is 5.93. The number of nitrogens with one attached hydrogen (secondary N) is 2. The van der Waals surface area contributed by atoms with Gasteiger partial charge in [-0.3, -0.25) is 4.98 Å². The molecule has 0 unspecified atom stereocenters. The minimum absolute atomic E-state index is 0.445. The molecule has 4 aromatic rings. The van der Waals surface area contributed by atoms with Crippen molar-refractivity contribution in [2.45, 2.75) is 6.92 Å². The van der Waals surface area contributed by atoms with Crippen LogP contribution in [-0.2, 0) is 0 Å². The second-order valence-corrected chi connectivity index (χ2v) is 5.93. The van der Waals surface area contributed by atoms with E-state index in [9.17, 15) is 0 Å². The lowest BCUT2D eigenvalue weighted by Crippen LogP contribution is -2.05. The molecule has 0 radical (unpaired) electrons. The average Bonchev–Trinajstić information content (AvgIpc) is 2.66. The van der Waals surface area contributed by atoms with Crippen molar-refractivity contribution in [2.75, 3.05) is 16.4 Å². The number of rotatable bonds is 4. The molecule has 0 atom stereocenters.